The van der Waals surface area contributed by atoms with E-state index in [1.165, 1.54) is 0 Å². The van der Waals surface area contributed by atoms with Gasteiger partial charge in [0, 0.05) is 0 Å². The van der Waals surface area contributed by atoms with Crippen LogP contribution < -0.4 is 0 Å². The van der Waals surface area contributed by atoms with Crippen molar-refractivity contribution >= 4 is 7.54 Å². The van der Waals surface area contributed by atoms with E-state index in [-0.39, 0.29) is 0 Å². The van der Waals surface area contributed by atoms with Crippen LogP contribution in [0.3, 0.4) is 0 Å². The van der Waals surface area contributed by atoms with Crippen molar-refractivity contribution in [3.05, 3.63) is 0 Å². The Balaban J connectivity index is 0. The summed E-state index contributed by atoms with van der Waals surface area (Å²) in [7, 11) is -3.67. The van der Waals surface area contributed by atoms with Crippen molar-refractivity contribution in [2.75, 3.05) is 0 Å². The molecule has 0 fully saturated rings. The molecule has 0 bridgehead atoms. The summed E-state index contributed by atoms with van der Waals surface area (Å²) in [6.45, 7) is 8.17. The molecule has 0 saturated carbocycles. The highest BCUT2D eigenvalue weighted by Crippen LogP contribution is 1.93. The molecule has 0 heterocycles. The van der Waals surface area contributed by atoms with E-state index in [0.29, 0.717) is 12.2 Å². The van der Waals surface area contributed by atoms with Crippen LogP contribution in [0.4, 0.5) is 12.9 Å². The number of halogens is 3. The van der Waals surface area contributed by atoms with Crippen molar-refractivity contribution in [3.63, 3.8) is 0 Å². The van der Waals surface area contributed by atoms with Gasteiger partial charge in [-0.2, -0.15) is 0 Å². The Bertz CT molecular complexity index is 69.5. The molecule has 0 aromatic heterocycles. The molecular weight excluding hydrogens is 156 g/mol. The molecule has 1 nitrogen and oxygen atoms in total. The molecule has 0 aliphatic heterocycles. The molecule has 68 valence electrons. The second-order valence-corrected chi connectivity index (χ2v) is 2.48. The first-order valence-corrected chi connectivity index (χ1v) is 3.44. The highest BCUT2D eigenvalue weighted by Gasteiger charge is 2.06. The maximum atomic E-state index is 9.67. The Morgan fingerprint density at radius 2 is 1.09 bits per heavy atom. The molecule has 0 amide bonds. The fraction of sp³-hybridized carbons (Fsp3) is 1.00. The van der Waals surface area contributed by atoms with Gasteiger partial charge in [0.15, 0.2) is 0 Å². The molecular formula is C6H14BF3O. The van der Waals surface area contributed by atoms with Crippen molar-refractivity contribution in [3.8, 4) is 0 Å². The lowest BCUT2D eigenvalue weighted by molar-refractivity contribution is 0.0300. The predicted octanol–water partition coefficient (Wildman–Crippen LogP) is 2.70. The molecule has 0 atom stereocenters. The van der Waals surface area contributed by atoms with Gasteiger partial charge in [-0.1, -0.05) is 0 Å². The summed E-state index contributed by atoms with van der Waals surface area (Å²) in [5, 5.41) is 0. The lowest BCUT2D eigenvalue weighted by Gasteiger charge is -2.09. The predicted molar refractivity (Wildman–Crippen MR) is 40.4 cm³/mol. The first kappa shape index (κ1) is 13.4. The molecule has 0 saturated heterocycles. The van der Waals surface area contributed by atoms with Gasteiger partial charge in [0.2, 0.25) is 0 Å². The van der Waals surface area contributed by atoms with E-state index in [1.54, 1.807) is 0 Å². The average molecular weight is 170 g/mol. The summed E-state index contributed by atoms with van der Waals surface area (Å²) in [5.74, 6) is 0. The number of ether oxygens (including phenoxy) is 1. The molecule has 0 aromatic carbocycles. The molecule has 0 aromatic rings. The van der Waals surface area contributed by atoms with Crippen molar-refractivity contribution in [1.29, 1.82) is 0 Å². The zero-order valence-electron chi connectivity index (χ0n) is 7.27. The molecule has 0 spiro atoms. The Morgan fingerprint density at radius 3 is 1.09 bits per heavy atom. The van der Waals surface area contributed by atoms with E-state index >= 15 is 0 Å². The van der Waals surface area contributed by atoms with Crippen LogP contribution in [0.1, 0.15) is 27.7 Å². The molecule has 0 aliphatic rings. The van der Waals surface area contributed by atoms with Crippen LogP contribution >= 0.6 is 0 Å². The highest BCUT2D eigenvalue weighted by molar-refractivity contribution is 6.33. The quantitative estimate of drug-likeness (QED) is 0.578. The summed E-state index contributed by atoms with van der Waals surface area (Å²) in [6.07, 6.45) is 0.750. The summed E-state index contributed by atoms with van der Waals surface area (Å²) in [5.41, 5.74) is 0. The standard InChI is InChI=1S/C6H14O.BF3/c1-5(2)7-6(3)4;2-1(3)4/h5-6H,1-4H3;. The van der Waals surface area contributed by atoms with Gasteiger partial charge in [0.05, 0.1) is 12.2 Å². The first-order chi connectivity index (χ1) is 4.86. The van der Waals surface area contributed by atoms with Crippen LogP contribution in [-0.4, -0.2) is 19.8 Å². The topological polar surface area (TPSA) is 9.23 Å². The molecule has 0 aliphatic carbocycles. The Hall–Kier alpha value is -0.185. The molecule has 0 unspecified atom stereocenters. The van der Waals surface area contributed by atoms with E-state index < -0.39 is 7.54 Å². The minimum Gasteiger partial charge on any atom is -0.376 e. The van der Waals surface area contributed by atoms with Crippen LogP contribution in [-0.2, 0) is 4.74 Å². The van der Waals surface area contributed by atoms with Gasteiger partial charge in [0.25, 0.3) is 0 Å². The third-order valence-corrected chi connectivity index (χ3v) is 0.544. The van der Waals surface area contributed by atoms with Gasteiger partial charge in [0.1, 0.15) is 0 Å². The SMILES string of the molecule is CC(C)OC(C)C.FB(F)F. The summed E-state index contributed by atoms with van der Waals surface area (Å²) >= 11 is 0. The third-order valence-electron chi connectivity index (χ3n) is 0.544. The highest BCUT2D eigenvalue weighted by atomic mass is 19.4. The normalized spacial score (nSPS) is 9.55. The van der Waals surface area contributed by atoms with E-state index in [1.807, 2.05) is 27.7 Å². The number of hydrogen-bond donors (Lipinski definition) is 0. The zero-order chi connectivity index (χ0) is 9.44. The average Bonchev–Trinajstić information content (AvgIpc) is 1.56. The van der Waals surface area contributed by atoms with Gasteiger partial charge >= 0.3 is 7.54 Å². The Labute approximate surface area is 66.2 Å². The van der Waals surface area contributed by atoms with Crippen LogP contribution in [0.25, 0.3) is 0 Å². The van der Waals surface area contributed by atoms with Crippen LogP contribution in [0.5, 0.6) is 0 Å². The smallest absolute Gasteiger partial charge is 0.376 e. The summed E-state index contributed by atoms with van der Waals surface area (Å²) in [6, 6.07) is 0. The summed E-state index contributed by atoms with van der Waals surface area (Å²) in [4.78, 5) is 0. The molecule has 11 heavy (non-hydrogen) atoms. The number of rotatable bonds is 2. The van der Waals surface area contributed by atoms with Gasteiger partial charge in [-0.25, -0.2) is 0 Å². The Morgan fingerprint density at radius 1 is 0.909 bits per heavy atom. The molecule has 0 N–H and O–H groups in total. The minimum absolute atomic E-state index is 0.375. The van der Waals surface area contributed by atoms with Crippen molar-refractivity contribution in [2.45, 2.75) is 39.9 Å². The monoisotopic (exact) mass is 170 g/mol. The Kier molecular flexibility index (Phi) is 9.65. The van der Waals surface area contributed by atoms with Crippen LogP contribution in [0.15, 0.2) is 0 Å². The lowest BCUT2D eigenvalue weighted by Crippen LogP contribution is -2.09. The maximum absolute atomic E-state index is 9.67. The van der Waals surface area contributed by atoms with Gasteiger partial charge in [-0.05, 0) is 27.7 Å². The second kappa shape index (κ2) is 7.92. The van der Waals surface area contributed by atoms with E-state index in [2.05, 4.69) is 0 Å². The molecule has 0 radical (unpaired) electrons. The van der Waals surface area contributed by atoms with Crippen molar-refractivity contribution < 1.29 is 17.7 Å². The third kappa shape index (κ3) is 41.2. The van der Waals surface area contributed by atoms with Crippen LogP contribution in [0, 0.1) is 0 Å². The second-order valence-electron chi connectivity index (χ2n) is 2.48. The number of hydrogen-bond acceptors (Lipinski definition) is 1. The van der Waals surface area contributed by atoms with Gasteiger partial charge in [-0.15, -0.1) is 0 Å². The van der Waals surface area contributed by atoms with Gasteiger partial charge in [-0.3, -0.25) is 12.9 Å². The first-order valence-electron chi connectivity index (χ1n) is 3.44. The zero-order valence-corrected chi connectivity index (χ0v) is 7.27. The summed E-state index contributed by atoms with van der Waals surface area (Å²) < 4.78 is 34.2. The van der Waals surface area contributed by atoms with E-state index in [4.69, 9.17) is 4.74 Å². The van der Waals surface area contributed by atoms with E-state index in [9.17, 15) is 12.9 Å². The molecule has 5 heteroatoms. The lowest BCUT2D eigenvalue weighted by atomic mass is 10.4. The maximum Gasteiger partial charge on any atom is 0.762 e. The largest absolute Gasteiger partial charge is 0.762 e. The van der Waals surface area contributed by atoms with Crippen LogP contribution in [0.2, 0.25) is 0 Å². The fourth-order valence-corrected chi connectivity index (χ4v) is 0.544. The minimum atomic E-state index is -3.67. The fourth-order valence-electron chi connectivity index (χ4n) is 0.544. The molecule has 0 rings (SSSR count). The van der Waals surface area contributed by atoms with Crippen molar-refractivity contribution in [1.82, 2.24) is 0 Å². The van der Waals surface area contributed by atoms with Gasteiger partial charge < -0.3 is 4.74 Å². The van der Waals surface area contributed by atoms with E-state index in [0.717, 1.165) is 0 Å². The van der Waals surface area contributed by atoms with Crippen molar-refractivity contribution in [2.24, 2.45) is 0 Å².